The number of halogens is 1. The predicted octanol–water partition coefficient (Wildman–Crippen LogP) is 2.33. The highest BCUT2D eigenvalue weighted by atomic mass is 35.5. The van der Waals surface area contributed by atoms with Crippen molar-refractivity contribution >= 4 is 17.5 Å². The van der Waals surface area contributed by atoms with Crippen LogP contribution < -0.4 is 5.32 Å². The summed E-state index contributed by atoms with van der Waals surface area (Å²) in [6, 6.07) is 7.14. The van der Waals surface area contributed by atoms with Crippen LogP contribution in [0.2, 0.25) is 5.02 Å². The molecule has 0 radical (unpaired) electrons. The molecule has 21 heavy (non-hydrogen) atoms. The highest BCUT2D eigenvalue weighted by molar-refractivity contribution is 6.30. The third kappa shape index (κ3) is 3.83. The summed E-state index contributed by atoms with van der Waals surface area (Å²) in [7, 11) is 0. The minimum absolute atomic E-state index is 0.0461. The molecule has 1 heterocycles. The van der Waals surface area contributed by atoms with Crippen LogP contribution in [0, 0.1) is 6.92 Å². The van der Waals surface area contributed by atoms with Gasteiger partial charge >= 0.3 is 0 Å². The molecule has 0 spiro atoms. The van der Waals surface area contributed by atoms with Crippen LogP contribution in [0.15, 0.2) is 30.5 Å². The fraction of sp³-hybridized carbons (Fsp3) is 0.333. The van der Waals surface area contributed by atoms with Gasteiger partial charge in [0.1, 0.15) is 0 Å². The van der Waals surface area contributed by atoms with E-state index in [0.29, 0.717) is 22.7 Å². The summed E-state index contributed by atoms with van der Waals surface area (Å²) < 4.78 is 1.65. The van der Waals surface area contributed by atoms with Crippen LogP contribution in [0.5, 0.6) is 0 Å². The molecule has 1 unspecified atom stereocenters. The third-order valence-electron chi connectivity index (χ3n) is 3.17. The number of rotatable bonds is 5. The maximum absolute atomic E-state index is 12.2. The van der Waals surface area contributed by atoms with Crippen LogP contribution in [-0.4, -0.2) is 33.4 Å². The summed E-state index contributed by atoms with van der Waals surface area (Å²) in [6.07, 6.45) is 2.22. The van der Waals surface area contributed by atoms with E-state index in [9.17, 15) is 4.79 Å². The van der Waals surface area contributed by atoms with Crippen molar-refractivity contribution in [3.63, 3.8) is 0 Å². The lowest BCUT2D eigenvalue weighted by Gasteiger charge is -2.11. The molecular formula is C15H18ClN3O2. The van der Waals surface area contributed by atoms with Crippen LogP contribution in [0.25, 0.3) is 5.69 Å². The van der Waals surface area contributed by atoms with E-state index >= 15 is 0 Å². The Morgan fingerprint density at radius 2 is 2.10 bits per heavy atom. The van der Waals surface area contributed by atoms with Crippen LogP contribution in [0.4, 0.5) is 0 Å². The number of amides is 1. The molecule has 0 aliphatic carbocycles. The summed E-state index contributed by atoms with van der Waals surface area (Å²) in [5, 5.41) is 16.7. The second-order valence-electron chi connectivity index (χ2n) is 4.94. The predicted molar refractivity (Wildman–Crippen MR) is 81.9 cm³/mol. The first kappa shape index (κ1) is 15.5. The van der Waals surface area contributed by atoms with Gasteiger partial charge in [-0.05, 0) is 44.5 Å². The van der Waals surface area contributed by atoms with Crippen molar-refractivity contribution in [2.24, 2.45) is 0 Å². The number of benzene rings is 1. The van der Waals surface area contributed by atoms with E-state index in [2.05, 4.69) is 10.4 Å². The summed E-state index contributed by atoms with van der Waals surface area (Å²) in [6.45, 7) is 3.69. The molecule has 0 aliphatic heterocycles. The van der Waals surface area contributed by atoms with Crippen molar-refractivity contribution in [2.75, 3.05) is 6.61 Å². The number of nitrogens with one attached hydrogen (secondary N) is 1. The number of nitrogens with zero attached hydrogens (tertiary/aromatic N) is 2. The maximum atomic E-state index is 12.2. The van der Waals surface area contributed by atoms with Gasteiger partial charge in [-0.15, -0.1) is 0 Å². The average molecular weight is 308 g/mol. The first-order chi connectivity index (χ1) is 10.0. The summed E-state index contributed by atoms with van der Waals surface area (Å²) >= 11 is 5.86. The van der Waals surface area contributed by atoms with Crippen molar-refractivity contribution < 1.29 is 9.90 Å². The van der Waals surface area contributed by atoms with Gasteiger partial charge in [0.05, 0.1) is 16.9 Å². The maximum Gasteiger partial charge on any atom is 0.254 e. The zero-order chi connectivity index (χ0) is 15.4. The highest BCUT2D eigenvalue weighted by Gasteiger charge is 2.15. The fourth-order valence-electron chi connectivity index (χ4n) is 1.98. The van der Waals surface area contributed by atoms with Crippen molar-refractivity contribution in [3.05, 3.63) is 46.7 Å². The lowest BCUT2D eigenvalue weighted by molar-refractivity contribution is 0.0934. The summed E-state index contributed by atoms with van der Waals surface area (Å²) in [4.78, 5) is 12.2. The number of aliphatic hydroxyl groups excluding tert-OH is 1. The first-order valence-electron chi connectivity index (χ1n) is 6.75. The molecule has 1 atom stereocenters. The minimum atomic E-state index is -0.186. The Balaban J connectivity index is 2.19. The lowest BCUT2D eigenvalue weighted by Crippen LogP contribution is -2.33. The van der Waals surface area contributed by atoms with E-state index in [1.807, 2.05) is 19.1 Å². The van der Waals surface area contributed by atoms with Crippen LogP contribution in [0.3, 0.4) is 0 Å². The molecular weight excluding hydrogens is 290 g/mol. The highest BCUT2D eigenvalue weighted by Crippen LogP contribution is 2.15. The zero-order valence-electron chi connectivity index (χ0n) is 12.0. The smallest absolute Gasteiger partial charge is 0.254 e. The Labute approximate surface area is 128 Å². The van der Waals surface area contributed by atoms with Crippen molar-refractivity contribution in [1.29, 1.82) is 0 Å². The Kier molecular flexibility index (Phi) is 4.98. The largest absolute Gasteiger partial charge is 0.396 e. The van der Waals surface area contributed by atoms with Crippen molar-refractivity contribution in [1.82, 2.24) is 15.1 Å². The van der Waals surface area contributed by atoms with E-state index in [4.69, 9.17) is 16.7 Å². The van der Waals surface area contributed by atoms with E-state index in [1.165, 1.54) is 0 Å². The van der Waals surface area contributed by atoms with Crippen molar-refractivity contribution in [3.8, 4) is 5.69 Å². The van der Waals surface area contributed by atoms with Gasteiger partial charge in [-0.2, -0.15) is 5.10 Å². The second kappa shape index (κ2) is 6.74. The monoisotopic (exact) mass is 307 g/mol. The van der Waals surface area contributed by atoms with Gasteiger partial charge in [0.2, 0.25) is 0 Å². The molecule has 6 heteroatoms. The van der Waals surface area contributed by atoms with E-state index in [-0.39, 0.29) is 18.6 Å². The SMILES string of the molecule is Cc1nn(-c2ccc(Cl)cc2)cc1C(=O)NC(C)CCO. The van der Waals surface area contributed by atoms with E-state index in [0.717, 1.165) is 5.69 Å². The lowest BCUT2D eigenvalue weighted by atomic mass is 10.2. The number of carbonyl (C=O) groups is 1. The van der Waals surface area contributed by atoms with Gasteiger partial charge in [0.15, 0.2) is 0 Å². The standard InChI is InChI=1S/C15H18ClN3O2/c1-10(7-8-20)17-15(21)14-9-19(18-11(14)2)13-5-3-12(16)4-6-13/h3-6,9-10,20H,7-8H2,1-2H3,(H,17,21). The molecule has 2 aromatic rings. The average Bonchev–Trinajstić information content (AvgIpc) is 2.82. The summed E-state index contributed by atoms with van der Waals surface area (Å²) in [5.74, 6) is -0.186. The minimum Gasteiger partial charge on any atom is -0.396 e. The Bertz CT molecular complexity index is 622. The van der Waals surface area contributed by atoms with E-state index < -0.39 is 0 Å². The molecule has 0 fully saturated rings. The quantitative estimate of drug-likeness (QED) is 0.891. The molecule has 112 valence electrons. The molecule has 1 amide bonds. The van der Waals surface area contributed by atoms with Gasteiger partial charge in [0.25, 0.3) is 5.91 Å². The molecule has 2 N–H and O–H groups in total. The van der Waals surface area contributed by atoms with Gasteiger partial charge in [-0.1, -0.05) is 11.6 Å². The van der Waals surface area contributed by atoms with Gasteiger partial charge in [0, 0.05) is 23.9 Å². The summed E-state index contributed by atoms with van der Waals surface area (Å²) in [5.41, 5.74) is 2.01. The molecule has 0 saturated carbocycles. The molecule has 2 rings (SSSR count). The van der Waals surface area contributed by atoms with Gasteiger partial charge < -0.3 is 10.4 Å². The number of carbonyl (C=O) groups excluding carboxylic acids is 1. The normalized spacial score (nSPS) is 12.2. The van der Waals surface area contributed by atoms with E-state index in [1.54, 1.807) is 29.9 Å². The molecule has 1 aromatic heterocycles. The number of aryl methyl sites for hydroxylation is 1. The first-order valence-corrected chi connectivity index (χ1v) is 7.13. The molecule has 1 aromatic carbocycles. The molecule has 0 saturated heterocycles. The van der Waals surface area contributed by atoms with Crippen LogP contribution >= 0.6 is 11.6 Å². The van der Waals surface area contributed by atoms with Gasteiger partial charge in [-0.3, -0.25) is 4.79 Å². The number of aliphatic hydroxyl groups is 1. The second-order valence-corrected chi connectivity index (χ2v) is 5.37. The Morgan fingerprint density at radius 3 is 2.71 bits per heavy atom. The number of hydrogen-bond acceptors (Lipinski definition) is 3. The Morgan fingerprint density at radius 1 is 1.43 bits per heavy atom. The van der Waals surface area contributed by atoms with Crippen LogP contribution in [-0.2, 0) is 0 Å². The number of aromatic nitrogens is 2. The fourth-order valence-corrected chi connectivity index (χ4v) is 2.10. The third-order valence-corrected chi connectivity index (χ3v) is 3.43. The molecule has 5 nitrogen and oxygen atoms in total. The number of hydrogen-bond donors (Lipinski definition) is 2. The Hall–Kier alpha value is -1.85. The molecule has 0 aliphatic rings. The van der Waals surface area contributed by atoms with Gasteiger partial charge in [-0.25, -0.2) is 4.68 Å². The zero-order valence-corrected chi connectivity index (χ0v) is 12.8. The van der Waals surface area contributed by atoms with Crippen molar-refractivity contribution in [2.45, 2.75) is 26.3 Å². The van der Waals surface area contributed by atoms with Crippen LogP contribution in [0.1, 0.15) is 29.4 Å². The molecule has 0 bridgehead atoms. The topological polar surface area (TPSA) is 67.2 Å².